The van der Waals surface area contributed by atoms with Crippen LogP contribution in [-0.4, -0.2) is 42.4 Å². The van der Waals surface area contributed by atoms with Gasteiger partial charge in [-0.25, -0.2) is 4.98 Å². The highest BCUT2D eigenvalue weighted by Crippen LogP contribution is 2.33. The molecule has 6 nitrogen and oxygen atoms in total. The predicted octanol–water partition coefficient (Wildman–Crippen LogP) is 1.53. The number of aliphatic hydroxyl groups is 1. The maximum absolute atomic E-state index is 11.9. The van der Waals surface area contributed by atoms with Crippen LogP contribution in [0.3, 0.4) is 0 Å². The van der Waals surface area contributed by atoms with Crippen LogP contribution in [0.5, 0.6) is 0 Å². The van der Waals surface area contributed by atoms with Gasteiger partial charge in [0, 0.05) is 26.3 Å². The van der Waals surface area contributed by atoms with Crippen molar-refractivity contribution >= 4 is 11.7 Å². The minimum atomic E-state index is -0.485. The number of nitrogens with one attached hydrogen (secondary N) is 2. The van der Waals surface area contributed by atoms with Gasteiger partial charge in [-0.1, -0.05) is 24.3 Å². The fourth-order valence-corrected chi connectivity index (χ4v) is 2.89. The molecule has 2 aromatic rings. The molecule has 0 saturated carbocycles. The molecule has 6 heteroatoms. The van der Waals surface area contributed by atoms with Crippen molar-refractivity contribution in [1.82, 2.24) is 10.3 Å². The van der Waals surface area contributed by atoms with Crippen molar-refractivity contribution in [2.75, 3.05) is 25.6 Å². The average molecular weight is 327 g/mol. The van der Waals surface area contributed by atoms with E-state index in [-0.39, 0.29) is 11.9 Å². The van der Waals surface area contributed by atoms with Crippen molar-refractivity contribution in [2.24, 2.45) is 0 Å². The lowest BCUT2D eigenvalue weighted by Gasteiger charge is -2.18. The van der Waals surface area contributed by atoms with E-state index in [9.17, 15) is 9.90 Å². The number of carbonyl (C=O) groups excluding carboxylic acids is 1. The smallest absolute Gasteiger partial charge is 0.252 e. The van der Waals surface area contributed by atoms with Gasteiger partial charge in [0.15, 0.2) is 0 Å². The fourth-order valence-electron chi connectivity index (χ4n) is 2.89. The van der Waals surface area contributed by atoms with Gasteiger partial charge in [0.2, 0.25) is 0 Å². The van der Waals surface area contributed by atoms with Gasteiger partial charge in [-0.2, -0.15) is 0 Å². The number of ether oxygens (including phenoxy) is 1. The Kier molecular flexibility index (Phi) is 5.08. The first-order valence-corrected chi connectivity index (χ1v) is 7.94. The lowest BCUT2D eigenvalue weighted by Crippen LogP contribution is -2.27. The Balaban J connectivity index is 1.65. The number of hydrogen-bond acceptors (Lipinski definition) is 5. The third kappa shape index (κ3) is 3.55. The molecule has 0 fully saturated rings. The molecule has 126 valence electrons. The molecule has 0 radical (unpaired) electrons. The van der Waals surface area contributed by atoms with Crippen molar-refractivity contribution in [3.8, 4) is 0 Å². The van der Waals surface area contributed by atoms with E-state index >= 15 is 0 Å². The zero-order valence-electron chi connectivity index (χ0n) is 13.5. The van der Waals surface area contributed by atoms with E-state index in [1.165, 1.54) is 6.20 Å². The monoisotopic (exact) mass is 327 g/mol. The molecule has 3 N–H and O–H groups in total. The maximum atomic E-state index is 11.9. The number of anilines is 1. The van der Waals surface area contributed by atoms with Crippen LogP contribution in [0.2, 0.25) is 0 Å². The molecule has 0 bridgehead atoms. The van der Waals surface area contributed by atoms with E-state index in [2.05, 4.69) is 15.6 Å². The van der Waals surface area contributed by atoms with E-state index in [0.29, 0.717) is 31.0 Å². The number of pyridine rings is 1. The normalized spacial score (nSPS) is 18.9. The fraction of sp³-hybridized carbons (Fsp3) is 0.333. The SMILES string of the molecule is COCCNC(=O)c1ccc(NC2c3ccccc3CC2O)nc1. The van der Waals surface area contributed by atoms with Crippen LogP contribution in [-0.2, 0) is 11.2 Å². The number of aliphatic hydroxyl groups excluding tert-OH is 1. The molecule has 0 saturated heterocycles. The third-order valence-electron chi connectivity index (χ3n) is 4.12. The minimum Gasteiger partial charge on any atom is -0.390 e. The number of methoxy groups -OCH3 is 1. The quantitative estimate of drug-likeness (QED) is 0.701. The van der Waals surface area contributed by atoms with E-state index in [4.69, 9.17) is 4.74 Å². The molecule has 24 heavy (non-hydrogen) atoms. The molecule has 1 heterocycles. The van der Waals surface area contributed by atoms with Crippen molar-refractivity contribution < 1.29 is 14.6 Å². The summed E-state index contributed by atoms with van der Waals surface area (Å²) >= 11 is 0. The number of carbonyl (C=O) groups is 1. The first-order chi connectivity index (χ1) is 11.7. The summed E-state index contributed by atoms with van der Waals surface area (Å²) in [4.78, 5) is 16.2. The maximum Gasteiger partial charge on any atom is 0.252 e. The van der Waals surface area contributed by atoms with E-state index in [1.807, 2.05) is 24.3 Å². The third-order valence-corrected chi connectivity index (χ3v) is 4.12. The Bertz CT molecular complexity index is 703. The van der Waals surface area contributed by atoms with Crippen LogP contribution >= 0.6 is 0 Å². The minimum absolute atomic E-state index is 0.183. The second-order valence-electron chi connectivity index (χ2n) is 5.77. The topological polar surface area (TPSA) is 83.5 Å². The molecule has 0 aliphatic heterocycles. The number of benzene rings is 1. The first kappa shape index (κ1) is 16.4. The summed E-state index contributed by atoms with van der Waals surface area (Å²) in [5.74, 6) is 0.446. The van der Waals surface area contributed by atoms with E-state index in [0.717, 1.165) is 11.1 Å². The van der Waals surface area contributed by atoms with E-state index < -0.39 is 6.10 Å². The summed E-state index contributed by atoms with van der Waals surface area (Å²) in [6, 6.07) is 11.3. The number of amides is 1. The van der Waals surface area contributed by atoms with Gasteiger partial charge in [0.25, 0.3) is 5.91 Å². The van der Waals surface area contributed by atoms with Crippen molar-refractivity contribution in [1.29, 1.82) is 0 Å². The Morgan fingerprint density at radius 1 is 1.33 bits per heavy atom. The van der Waals surface area contributed by atoms with Gasteiger partial charge in [-0.05, 0) is 23.3 Å². The van der Waals surface area contributed by atoms with Crippen LogP contribution < -0.4 is 10.6 Å². The summed E-state index contributed by atoms with van der Waals surface area (Å²) in [6.07, 6.45) is 1.67. The molecular formula is C18H21N3O3. The molecule has 1 aromatic carbocycles. The van der Waals surface area contributed by atoms with Crippen LogP contribution in [0, 0.1) is 0 Å². The zero-order chi connectivity index (χ0) is 16.9. The molecule has 1 aromatic heterocycles. The van der Waals surface area contributed by atoms with Crippen LogP contribution in [0.15, 0.2) is 42.6 Å². The van der Waals surface area contributed by atoms with Crippen LogP contribution in [0.25, 0.3) is 0 Å². The number of rotatable bonds is 6. The highest BCUT2D eigenvalue weighted by molar-refractivity contribution is 5.94. The van der Waals surface area contributed by atoms with Crippen molar-refractivity contribution in [2.45, 2.75) is 18.6 Å². The predicted molar refractivity (Wildman–Crippen MR) is 91.0 cm³/mol. The average Bonchev–Trinajstić information content (AvgIpc) is 2.91. The van der Waals surface area contributed by atoms with Gasteiger partial charge in [0.1, 0.15) is 5.82 Å². The van der Waals surface area contributed by atoms with Gasteiger partial charge >= 0.3 is 0 Å². The van der Waals surface area contributed by atoms with Crippen molar-refractivity contribution in [3.63, 3.8) is 0 Å². The molecule has 2 atom stereocenters. The van der Waals surface area contributed by atoms with Gasteiger partial charge < -0.3 is 20.5 Å². The molecule has 1 aliphatic rings. The summed E-state index contributed by atoms with van der Waals surface area (Å²) < 4.78 is 4.90. The van der Waals surface area contributed by atoms with Crippen LogP contribution in [0.4, 0.5) is 5.82 Å². The van der Waals surface area contributed by atoms with E-state index in [1.54, 1.807) is 19.2 Å². The highest BCUT2D eigenvalue weighted by atomic mass is 16.5. The van der Waals surface area contributed by atoms with Gasteiger partial charge in [-0.15, -0.1) is 0 Å². The Morgan fingerprint density at radius 3 is 2.92 bits per heavy atom. The first-order valence-electron chi connectivity index (χ1n) is 7.94. The second kappa shape index (κ2) is 7.42. The molecule has 3 rings (SSSR count). The highest BCUT2D eigenvalue weighted by Gasteiger charge is 2.30. The van der Waals surface area contributed by atoms with Crippen LogP contribution in [0.1, 0.15) is 27.5 Å². The summed E-state index contributed by atoms with van der Waals surface area (Å²) in [5, 5.41) is 16.3. The zero-order valence-corrected chi connectivity index (χ0v) is 13.5. The molecule has 1 amide bonds. The summed E-state index contributed by atoms with van der Waals surface area (Å²) in [6.45, 7) is 0.929. The Labute approximate surface area is 140 Å². The number of hydrogen-bond donors (Lipinski definition) is 3. The summed E-state index contributed by atoms with van der Waals surface area (Å²) in [7, 11) is 1.59. The lowest BCUT2D eigenvalue weighted by molar-refractivity contribution is 0.0936. The standard InChI is InChI=1S/C18H21N3O3/c1-24-9-8-19-18(23)13-6-7-16(20-11-13)21-17-14-5-3-2-4-12(14)10-15(17)22/h2-7,11,15,17,22H,8-10H2,1H3,(H,19,23)(H,20,21). The van der Waals surface area contributed by atoms with Gasteiger partial charge in [-0.3, -0.25) is 4.79 Å². The number of aromatic nitrogens is 1. The Morgan fingerprint density at radius 2 is 2.17 bits per heavy atom. The molecule has 2 unspecified atom stereocenters. The largest absolute Gasteiger partial charge is 0.390 e. The summed E-state index contributed by atoms with van der Waals surface area (Å²) in [5.41, 5.74) is 2.73. The number of fused-ring (bicyclic) bond motifs is 1. The molecular weight excluding hydrogens is 306 g/mol. The Hall–Kier alpha value is -2.44. The van der Waals surface area contributed by atoms with Crippen molar-refractivity contribution in [3.05, 3.63) is 59.3 Å². The molecule has 1 aliphatic carbocycles. The molecule has 0 spiro atoms. The lowest BCUT2D eigenvalue weighted by atomic mass is 10.1. The van der Waals surface area contributed by atoms with Gasteiger partial charge in [0.05, 0.1) is 24.3 Å². The number of nitrogens with zero attached hydrogens (tertiary/aromatic N) is 1. The second-order valence-corrected chi connectivity index (χ2v) is 5.77.